The Morgan fingerprint density at radius 1 is 0.680 bits per heavy atom. The summed E-state index contributed by atoms with van der Waals surface area (Å²) in [6.45, 7) is 5.34. The van der Waals surface area contributed by atoms with Crippen molar-refractivity contribution in [1.82, 2.24) is 5.32 Å². The van der Waals surface area contributed by atoms with E-state index in [0.717, 1.165) is 32.1 Å². The van der Waals surface area contributed by atoms with E-state index >= 15 is 0 Å². The molecule has 0 aromatic rings. The number of hydrogen-bond acceptors (Lipinski definition) is 4. The van der Waals surface area contributed by atoms with Crippen molar-refractivity contribution in [3.8, 4) is 0 Å². The van der Waals surface area contributed by atoms with Crippen molar-refractivity contribution in [2.75, 3.05) is 40.5 Å². The number of nitrogens with zero attached hydrogens (tertiary/aromatic N) is 1. The lowest BCUT2D eigenvalue weighted by Crippen LogP contribution is -2.43. The molecule has 3 N–H and O–H groups in total. The standard InChI is InChI=1S/C42H85N2O5P/c1-6-8-10-12-14-16-18-20-21-23-25-27-29-31-33-35-42(46)43-40(36-39-50(47,48)49-38-37-44(3,4)5)41(45)34-32-30-28-26-24-22-19-17-15-13-11-9-7-2/h32,34,40-41,45H,6-31,33,35-39H2,1-5H3,(H-,43,46,47,48)/p+1/b34-32+. The Balaban J connectivity index is 4.44. The molecule has 0 saturated heterocycles. The van der Waals surface area contributed by atoms with Crippen LogP contribution in [0.3, 0.4) is 0 Å². The molecule has 0 aliphatic carbocycles. The zero-order valence-corrected chi connectivity index (χ0v) is 34.8. The number of unbranched alkanes of at least 4 members (excludes halogenated alkanes) is 25. The molecular weight excluding hydrogens is 643 g/mol. The molecule has 0 rings (SSSR count). The molecule has 0 aromatic heterocycles. The van der Waals surface area contributed by atoms with Gasteiger partial charge in [0.1, 0.15) is 13.2 Å². The van der Waals surface area contributed by atoms with E-state index in [1.165, 1.54) is 141 Å². The zero-order chi connectivity index (χ0) is 37.2. The number of aliphatic hydroxyl groups excluding tert-OH is 1. The van der Waals surface area contributed by atoms with Gasteiger partial charge in [0.2, 0.25) is 5.91 Å². The first-order chi connectivity index (χ1) is 24.0. The number of allylic oxidation sites excluding steroid dienone is 1. The number of amides is 1. The van der Waals surface area contributed by atoms with Gasteiger partial charge in [-0.3, -0.25) is 9.36 Å². The van der Waals surface area contributed by atoms with E-state index in [-0.39, 0.29) is 25.1 Å². The molecule has 3 unspecified atom stereocenters. The SMILES string of the molecule is CCCCCCCCCCCCC/C=C/C(O)C(CCP(=O)(O)OCC[N+](C)(C)C)NC(=O)CCCCCCCCCCCCCCCCC. The van der Waals surface area contributed by atoms with Gasteiger partial charge in [0.25, 0.3) is 0 Å². The molecule has 50 heavy (non-hydrogen) atoms. The van der Waals surface area contributed by atoms with Crippen molar-refractivity contribution < 1.29 is 28.4 Å². The van der Waals surface area contributed by atoms with E-state index in [1.54, 1.807) is 6.08 Å². The summed E-state index contributed by atoms with van der Waals surface area (Å²) in [6.07, 6.45) is 37.8. The molecule has 0 spiro atoms. The number of rotatable bonds is 38. The maximum absolute atomic E-state index is 12.9. The third kappa shape index (κ3) is 35.7. The Bertz CT molecular complexity index is 831. The Morgan fingerprint density at radius 3 is 1.50 bits per heavy atom. The average molecular weight is 730 g/mol. The van der Waals surface area contributed by atoms with E-state index in [9.17, 15) is 19.4 Å². The Hall–Kier alpha value is -0.720. The number of likely N-dealkylation sites (N-methyl/N-ethyl adjacent to an activating group) is 1. The van der Waals surface area contributed by atoms with Gasteiger partial charge in [-0.2, -0.15) is 0 Å². The maximum Gasteiger partial charge on any atom is 0.328 e. The van der Waals surface area contributed by atoms with Crippen LogP contribution in [0.25, 0.3) is 0 Å². The minimum atomic E-state index is -3.83. The largest absolute Gasteiger partial charge is 0.387 e. The van der Waals surface area contributed by atoms with Crippen molar-refractivity contribution in [2.45, 2.75) is 212 Å². The van der Waals surface area contributed by atoms with Gasteiger partial charge in [-0.05, 0) is 25.7 Å². The van der Waals surface area contributed by atoms with Crippen molar-refractivity contribution >= 4 is 13.5 Å². The Kier molecular flexibility index (Phi) is 33.6. The molecule has 0 radical (unpaired) electrons. The van der Waals surface area contributed by atoms with Crippen molar-refractivity contribution in [2.24, 2.45) is 0 Å². The predicted molar refractivity (Wildman–Crippen MR) is 216 cm³/mol. The van der Waals surface area contributed by atoms with Crippen LogP contribution in [0.1, 0.15) is 200 Å². The minimum absolute atomic E-state index is 0.0961. The van der Waals surface area contributed by atoms with Crippen LogP contribution >= 0.6 is 7.60 Å². The molecule has 1 amide bonds. The Labute approximate surface area is 311 Å². The topological polar surface area (TPSA) is 95.9 Å². The van der Waals surface area contributed by atoms with Crippen LogP contribution in [0, 0.1) is 0 Å². The first-order valence-corrected chi connectivity index (χ1v) is 23.2. The maximum atomic E-state index is 12.9. The summed E-state index contributed by atoms with van der Waals surface area (Å²) in [5.74, 6) is -0.0961. The lowest BCUT2D eigenvalue weighted by Gasteiger charge is -2.25. The van der Waals surface area contributed by atoms with Crippen LogP contribution in [0.2, 0.25) is 0 Å². The highest BCUT2D eigenvalue weighted by Gasteiger charge is 2.26. The smallest absolute Gasteiger partial charge is 0.328 e. The summed E-state index contributed by atoms with van der Waals surface area (Å²) in [4.78, 5) is 23.3. The molecular formula is C42H86N2O5P+. The molecule has 7 nitrogen and oxygen atoms in total. The second kappa shape index (κ2) is 34.1. The van der Waals surface area contributed by atoms with E-state index in [4.69, 9.17) is 4.52 Å². The highest BCUT2D eigenvalue weighted by molar-refractivity contribution is 7.52. The van der Waals surface area contributed by atoms with Gasteiger partial charge in [0, 0.05) is 6.42 Å². The highest BCUT2D eigenvalue weighted by atomic mass is 31.2. The fourth-order valence-corrected chi connectivity index (χ4v) is 7.48. The van der Waals surface area contributed by atoms with E-state index in [0.29, 0.717) is 17.4 Å². The fraction of sp³-hybridized carbons (Fsp3) is 0.929. The number of aliphatic hydroxyl groups is 1. The first kappa shape index (κ1) is 49.3. The van der Waals surface area contributed by atoms with Gasteiger partial charge in [0.05, 0.1) is 39.5 Å². The van der Waals surface area contributed by atoms with Crippen LogP contribution in [0.15, 0.2) is 12.2 Å². The van der Waals surface area contributed by atoms with Crippen LogP contribution in [0.4, 0.5) is 0 Å². The number of nitrogens with one attached hydrogen (secondary N) is 1. The quantitative estimate of drug-likeness (QED) is 0.0254. The normalized spacial score (nSPS) is 14.6. The van der Waals surface area contributed by atoms with Crippen molar-refractivity contribution in [3.05, 3.63) is 12.2 Å². The molecule has 298 valence electrons. The average Bonchev–Trinajstić information content (AvgIpc) is 3.06. The van der Waals surface area contributed by atoms with Gasteiger partial charge in [-0.1, -0.05) is 180 Å². The summed E-state index contributed by atoms with van der Waals surface area (Å²) < 4.78 is 18.7. The van der Waals surface area contributed by atoms with Gasteiger partial charge in [-0.15, -0.1) is 0 Å². The molecule has 0 heterocycles. The molecule has 3 atom stereocenters. The molecule has 0 aromatic carbocycles. The molecule has 8 heteroatoms. The van der Waals surface area contributed by atoms with E-state index < -0.39 is 19.7 Å². The second-order valence-electron chi connectivity index (χ2n) is 16.1. The van der Waals surface area contributed by atoms with Gasteiger partial charge < -0.3 is 24.3 Å². The number of quaternary nitrogens is 1. The molecule has 0 fully saturated rings. The van der Waals surface area contributed by atoms with Crippen LogP contribution in [-0.2, 0) is 13.9 Å². The summed E-state index contributed by atoms with van der Waals surface area (Å²) in [7, 11) is 2.20. The Morgan fingerprint density at radius 2 is 1.08 bits per heavy atom. The predicted octanol–water partition coefficient (Wildman–Crippen LogP) is 11.6. The lowest BCUT2D eigenvalue weighted by atomic mass is 10.0. The third-order valence-electron chi connectivity index (χ3n) is 9.85. The first-order valence-electron chi connectivity index (χ1n) is 21.4. The number of carbonyl (C=O) groups is 1. The van der Waals surface area contributed by atoms with Gasteiger partial charge in [0.15, 0.2) is 0 Å². The summed E-state index contributed by atoms with van der Waals surface area (Å²) >= 11 is 0. The summed E-state index contributed by atoms with van der Waals surface area (Å²) in [5.41, 5.74) is 0. The molecule has 0 bridgehead atoms. The molecule has 0 aliphatic heterocycles. The van der Waals surface area contributed by atoms with Gasteiger partial charge >= 0.3 is 7.60 Å². The van der Waals surface area contributed by atoms with Crippen LogP contribution < -0.4 is 5.32 Å². The monoisotopic (exact) mass is 730 g/mol. The third-order valence-corrected chi connectivity index (χ3v) is 11.3. The summed E-state index contributed by atoms with van der Waals surface area (Å²) in [6, 6.07) is -0.616. The number of carbonyl (C=O) groups excluding carboxylic acids is 1. The van der Waals surface area contributed by atoms with E-state index in [1.807, 2.05) is 27.2 Å². The highest BCUT2D eigenvalue weighted by Crippen LogP contribution is 2.42. The van der Waals surface area contributed by atoms with Crippen molar-refractivity contribution in [1.29, 1.82) is 0 Å². The fourth-order valence-electron chi connectivity index (χ4n) is 6.38. The minimum Gasteiger partial charge on any atom is -0.387 e. The van der Waals surface area contributed by atoms with Crippen LogP contribution in [-0.4, -0.2) is 73.0 Å². The van der Waals surface area contributed by atoms with E-state index in [2.05, 4.69) is 19.2 Å². The number of hydrogen-bond donors (Lipinski definition) is 3. The molecule has 0 aliphatic rings. The summed E-state index contributed by atoms with van der Waals surface area (Å²) in [5, 5.41) is 14.0. The van der Waals surface area contributed by atoms with Gasteiger partial charge in [-0.25, -0.2) is 0 Å². The lowest BCUT2D eigenvalue weighted by molar-refractivity contribution is -0.870. The molecule has 0 saturated carbocycles. The van der Waals surface area contributed by atoms with Crippen LogP contribution in [0.5, 0.6) is 0 Å². The zero-order valence-electron chi connectivity index (χ0n) is 34.0. The van der Waals surface area contributed by atoms with Crippen molar-refractivity contribution in [3.63, 3.8) is 0 Å². The second-order valence-corrected chi connectivity index (χ2v) is 18.1.